The maximum absolute atomic E-state index is 3.93. The van der Waals surface area contributed by atoms with E-state index in [2.05, 4.69) is 20.8 Å². The van der Waals surface area contributed by atoms with E-state index < -0.39 is 0 Å². The average Bonchev–Trinajstić information content (AvgIpc) is 2.64. The zero-order chi connectivity index (χ0) is 19.1. The van der Waals surface area contributed by atoms with Crippen molar-refractivity contribution in [2.24, 2.45) is 5.92 Å². The van der Waals surface area contributed by atoms with E-state index >= 15 is 0 Å². The molecule has 0 saturated heterocycles. The summed E-state index contributed by atoms with van der Waals surface area (Å²) >= 11 is 0. The molecule has 1 atom stereocenters. The fraction of sp³-hybridized carbons (Fsp3) is 0.923. The predicted octanol–water partition coefficient (Wildman–Crippen LogP) is 9.87. The molecular formula is C26H52. The Labute approximate surface area is 168 Å². The highest BCUT2D eigenvalue weighted by Crippen LogP contribution is 2.18. The van der Waals surface area contributed by atoms with Gasteiger partial charge in [0.15, 0.2) is 0 Å². The Morgan fingerprint density at radius 1 is 0.385 bits per heavy atom. The molecule has 1 unspecified atom stereocenters. The van der Waals surface area contributed by atoms with E-state index in [9.17, 15) is 0 Å². The van der Waals surface area contributed by atoms with Gasteiger partial charge in [0, 0.05) is 0 Å². The van der Waals surface area contributed by atoms with Gasteiger partial charge >= 0.3 is 0 Å². The van der Waals surface area contributed by atoms with Crippen LogP contribution in [0.4, 0.5) is 0 Å². The summed E-state index contributed by atoms with van der Waals surface area (Å²) in [7, 11) is 0. The summed E-state index contributed by atoms with van der Waals surface area (Å²) in [6.45, 7) is 10.3. The molecule has 0 fully saturated rings. The third-order valence-corrected chi connectivity index (χ3v) is 5.89. The van der Waals surface area contributed by atoms with Crippen LogP contribution in [-0.2, 0) is 0 Å². The van der Waals surface area contributed by atoms with E-state index in [1.807, 2.05) is 0 Å². The smallest absolute Gasteiger partial charge is 0.0443 e. The minimum atomic E-state index is 0.940. The van der Waals surface area contributed by atoms with Crippen LogP contribution in [0.5, 0.6) is 0 Å². The quantitative estimate of drug-likeness (QED) is 0.168. The van der Waals surface area contributed by atoms with Gasteiger partial charge in [0.2, 0.25) is 0 Å². The van der Waals surface area contributed by atoms with Gasteiger partial charge in [-0.25, -0.2) is 0 Å². The lowest BCUT2D eigenvalue weighted by atomic mass is 9.96. The van der Waals surface area contributed by atoms with Crippen molar-refractivity contribution in [2.75, 3.05) is 0 Å². The molecule has 26 heavy (non-hydrogen) atoms. The first-order valence-corrected chi connectivity index (χ1v) is 12.4. The SMILES string of the molecule is [CH2]CCCCCCCCCCCCCCCCCCC(C)CCCC[CH2]. The molecular weight excluding hydrogens is 312 g/mol. The van der Waals surface area contributed by atoms with Crippen molar-refractivity contribution in [1.82, 2.24) is 0 Å². The zero-order valence-electron chi connectivity index (χ0n) is 18.5. The van der Waals surface area contributed by atoms with Gasteiger partial charge in [-0.2, -0.15) is 0 Å². The molecule has 0 nitrogen and oxygen atoms in total. The second-order valence-electron chi connectivity index (χ2n) is 8.75. The van der Waals surface area contributed by atoms with Crippen LogP contribution in [0.25, 0.3) is 0 Å². The van der Waals surface area contributed by atoms with Crippen molar-refractivity contribution in [1.29, 1.82) is 0 Å². The minimum Gasteiger partial charge on any atom is -0.0625 e. The molecule has 0 aliphatic heterocycles. The van der Waals surface area contributed by atoms with Gasteiger partial charge in [-0.3, -0.25) is 0 Å². The summed E-state index contributed by atoms with van der Waals surface area (Å²) in [5.41, 5.74) is 0. The Morgan fingerprint density at radius 3 is 0.962 bits per heavy atom. The normalized spacial score (nSPS) is 12.6. The first-order valence-electron chi connectivity index (χ1n) is 12.4. The first-order chi connectivity index (χ1) is 12.8. The van der Waals surface area contributed by atoms with E-state index in [1.165, 1.54) is 128 Å². The summed E-state index contributed by atoms with van der Waals surface area (Å²) < 4.78 is 0. The van der Waals surface area contributed by atoms with Gasteiger partial charge < -0.3 is 0 Å². The van der Waals surface area contributed by atoms with Gasteiger partial charge in [-0.15, -0.1) is 0 Å². The van der Waals surface area contributed by atoms with Crippen LogP contribution in [-0.4, -0.2) is 0 Å². The molecule has 0 aliphatic carbocycles. The van der Waals surface area contributed by atoms with E-state index in [0.29, 0.717) is 0 Å². The Kier molecular flexibility index (Phi) is 23.0. The van der Waals surface area contributed by atoms with Crippen LogP contribution in [0.2, 0.25) is 0 Å². The van der Waals surface area contributed by atoms with E-state index in [1.54, 1.807) is 0 Å². The summed E-state index contributed by atoms with van der Waals surface area (Å²) in [6.07, 6.45) is 31.1. The van der Waals surface area contributed by atoms with Crippen molar-refractivity contribution >= 4 is 0 Å². The summed E-state index contributed by atoms with van der Waals surface area (Å²) in [5.74, 6) is 0.940. The highest BCUT2D eigenvalue weighted by molar-refractivity contribution is 4.56. The van der Waals surface area contributed by atoms with Crippen LogP contribution < -0.4 is 0 Å². The fourth-order valence-corrected chi connectivity index (χ4v) is 3.96. The molecule has 0 heteroatoms. The van der Waals surface area contributed by atoms with Crippen LogP contribution in [0.3, 0.4) is 0 Å². The van der Waals surface area contributed by atoms with Gasteiger partial charge in [-0.1, -0.05) is 162 Å². The number of hydrogen-bond donors (Lipinski definition) is 0. The van der Waals surface area contributed by atoms with Crippen LogP contribution >= 0.6 is 0 Å². The molecule has 0 amide bonds. The maximum atomic E-state index is 3.93. The number of rotatable bonds is 22. The molecule has 156 valence electrons. The van der Waals surface area contributed by atoms with Crippen molar-refractivity contribution in [2.45, 2.75) is 148 Å². The Balaban J connectivity index is 3.05. The molecule has 0 aliphatic rings. The summed E-state index contributed by atoms with van der Waals surface area (Å²) in [5, 5.41) is 0. The maximum Gasteiger partial charge on any atom is -0.0443 e. The molecule has 0 aromatic rings. The fourth-order valence-electron chi connectivity index (χ4n) is 3.96. The second-order valence-corrected chi connectivity index (χ2v) is 8.75. The molecule has 0 aromatic heterocycles. The molecule has 0 spiro atoms. The molecule has 0 heterocycles. The standard InChI is InChI=1S/C26H52/c1-4-6-8-9-10-11-12-13-14-15-16-17-18-19-20-21-23-25-26(3)24-22-7-5-2/h26H,1-2,4-25H2,3H3. The predicted molar refractivity (Wildman–Crippen MR) is 121 cm³/mol. The Morgan fingerprint density at radius 2 is 0.615 bits per heavy atom. The topological polar surface area (TPSA) is 0 Å². The third kappa shape index (κ3) is 22.0. The van der Waals surface area contributed by atoms with Gasteiger partial charge in [0.25, 0.3) is 0 Å². The van der Waals surface area contributed by atoms with E-state index in [4.69, 9.17) is 0 Å². The zero-order valence-corrected chi connectivity index (χ0v) is 18.5. The highest BCUT2D eigenvalue weighted by Gasteiger charge is 2.01. The third-order valence-electron chi connectivity index (χ3n) is 5.89. The molecule has 0 aromatic carbocycles. The van der Waals surface area contributed by atoms with Crippen LogP contribution in [0, 0.1) is 19.8 Å². The monoisotopic (exact) mass is 364 g/mol. The second kappa shape index (κ2) is 23.0. The molecule has 0 saturated carbocycles. The Hall–Kier alpha value is 0. The largest absolute Gasteiger partial charge is 0.0625 e. The van der Waals surface area contributed by atoms with Gasteiger partial charge in [0.1, 0.15) is 0 Å². The van der Waals surface area contributed by atoms with E-state index in [-0.39, 0.29) is 0 Å². The number of unbranched alkanes of at least 4 members (excludes halogenated alkanes) is 18. The molecule has 2 radical (unpaired) electrons. The van der Waals surface area contributed by atoms with E-state index in [0.717, 1.165) is 18.8 Å². The summed E-state index contributed by atoms with van der Waals surface area (Å²) in [6, 6.07) is 0. The van der Waals surface area contributed by atoms with Crippen molar-refractivity contribution in [3.8, 4) is 0 Å². The lowest BCUT2D eigenvalue weighted by Crippen LogP contribution is -1.94. The lowest BCUT2D eigenvalue weighted by Gasteiger charge is -2.10. The van der Waals surface area contributed by atoms with Crippen molar-refractivity contribution in [3.63, 3.8) is 0 Å². The minimum absolute atomic E-state index is 0.940. The lowest BCUT2D eigenvalue weighted by molar-refractivity contribution is 0.437. The Bertz CT molecular complexity index is 232. The first kappa shape index (κ1) is 26.0. The average molecular weight is 365 g/mol. The van der Waals surface area contributed by atoms with Crippen molar-refractivity contribution < 1.29 is 0 Å². The van der Waals surface area contributed by atoms with Gasteiger partial charge in [0.05, 0.1) is 0 Å². The number of hydrogen-bond acceptors (Lipinski definition) is 0. The summed E-state index contributed by atoms with van der Waals surface area (Å²) in [4.78, 5) is 0. The van der Waals surface area contributed by atoms with Crippen LogP contribution in [0.15, 0.2) is 0 Å². The van der Waals surface area contributed by atoms with Crippen LogP contribution in [0.1, 0.15) is 148 Å². The molecule has 0 N–H and O–H groups in total. The molecule has 0 bridgehead atoms. The molecule has 0 rings (SSSR count). The van der Waals surface area contributed by atoms with Gasteiger partial charge in [-0.05, 0) is 5.92 Å². The van der Waals surface area contributed by atoms with Crippen molar-refractivity contribution in [3.05, 3.63) is 13.8 Å². The highest BCUT2D eigenvalue weighted by atomic mass is 14.1.